The SMILES string of the molecule is CC(=O)N[C@H](C)c1cccc(Br)c1. The van der Waals surface area contributed by atoms with Gasteiger partial charge in [-0.1, -0.05) is 28.1 Å². The van der Waals surface area contributed by atoms with E-state index in [4.69, 9.17) is 0 Å². The van der Waals surface area contributed by atoms with Gasteiger partial charge in [-0.3, -0.25) is 4.79 Å². The fourth-order valence-electron chi connectivity index (χ4n) is 1.16. The number of carbonyl (C=O) groups is 1. The molecule has 0 spiro atoms. The molecule has 0 bridgehead atoms. The molecule has 1 atom stereocenters. The molecular formula is C10H12BrNO. The first-order chi connectivity index (χ1) is 6.09. The fourth-order valence-corrected chi connectivity index (χ4v) is 1.58. The maximum absolute atomic E-state index is 10.8. The van der Waals surface area contributed by atoms with Crippen molar-refractivity contribution >= 4 is 21.8 Å². The van der Waals surface area contributed by atoms with Crippen LogP contribution in [0.3, 0.4) is 0 Å². The first kappa shape index (κ1) is 10.3. The van der Waals surface area contributed by atoms with E-state index in [1.54, 1.807) is 0 Å². The Bertz CT molecular complexity index is 312. The monoisotopic (exact) mass is 241 g/mol. The van der Waals surface area contributed by atoms with Crippen LogP contribution in [-0.2, 0) is 4.79 Å². The number of rotatable bonds is 2. The Morgan fingerprint density at radius 3 is 2.77 bits per heavy atom. The van der Waals surface area contributed by atoms with Gasteiger partial charge in [-0.05, 0) is 24.6 Å². The molecule has 0 aromatic heterocycles. The zero-order valence-corrected chi connectivity index (χ0v) is 9.26. The summed E-state index contributed by atoms with van der Waals surface area (Å²) in [5, 5.41) is 2.83. The molecule has 0 aliphatic rings. The van der Waals surface area contributed by atoms with Gasteiger partial charge in [-0.25, -0.2) is 0 Å². The normalized spacial score (nSPS) is 12.2. The summed E-state index contributed by atoms with van der Waals surface area (Å²) in [6.07, 6.45) is 0. The minimum atomic E-state index is -0.00697. The highest BCUT2D eigenvalue weighted by Crippen LogP contribution is 2.17. The van der Waals surface area contributed by atoms with Crippen LogP contribution < -0.4 is 5.32 Å². The zero-order chi connectivity index (χ0) is 9.84. The van der Waals surface area contributed by atoms with Gasteiger partial charge in [-0.2, -0.15) is 0 Å². The van der Waals surface area contributed by atoms with E-state index in [0.717, 1.165) is 10.0 Å². The second-order valence-corrected chi connectivity index (χ2v) is 3.89. The van der Waals surface area contributed by atoms with Crippen LogP contribution in [0, 0.1) is 0 Å². The molecule has 0 heterocycles. The van der Waals surface area contributed by atoms with Crippen molar-refractivity contribution in [3.05, 3.63) is 34.3 Å². The summed E-state index contributed by atoms with van der Waals surface area (Å²) in [7, 11) is 0. The molecule has 2 nitrogen and oxygen atoms in total. The van der Waals surface area contributed by atoms with Crippen LogP contribution >= 0.6 is 15.9 Å². The third-order valence-corrected chi connectivity index (χ3v) is 2.26. The number of halogens is 1. The summed E-state index contributed by atoms with van der Waals surface area (Å²) in [6, 6.07) is 7.98. The van der Waals surface area contributed by atoms with Crippen molar-refractivity contribution in [3.63, 3.8) is 0 Å². The topological polar surface area (TPSA) is 29.1 Å². The lowest BCUT2D eigenvalue weighted by Crippen LogP contribution is -2.23. The standard InChI is InChI=1S/C10H12BrNO/c1-7(12-8(2)13)9-4-3-5-10(11)6-9/h3-7H,1-2H3,(H,12,13)/t7-/m1/s1. The molecule has 1 amide bonds. The van der Waals surface area contributed by atoms with Crippen LogP contribution in [0.2, 0.25) is 0 Å². The van der Waals surface area contributed by atoms with Crippen molar-refractivity contribution in [2.75, 3.05) is 0 Å². The van der Waals surface area contributed by atoms with E-state index in [9.17, 15) is 4.79 Å². The van der Waals surface area contributed by atoms with E-state index >= 15 is 0 Å². The lowest BCUT2D eigenvalue weighted by molar-refractivity contribution is -0.119. The molecule has 0 radical (unpaired) electrons. The summed E-state index contributed by atoms with van der Waals surface area (Å²) in [5.74, 6) is -0.00697. The van der Waals surface area contributed by atoms with Gasteiger partial charge in [0.15, 0.2) is 0 Å². The Labute approximate surface area is 86.5 Å². The molecule has 0 unspecified atom stereocenters. The van der Waals surface area contributed by atoms with Gasteiger partial charge in [0.05, 0.1) is 6.04 Å². The lowest BCUT2D eigenvalue weighted by Gasteiger charge is -2.12. The zero-order valence-electron chi connectivity index (χ0n) is 7.67. The van der Waals surface area contributed by atoms with Gasteiger partial charge in [0.1, 0.15) is 0 Å². The predicted octanol–water partition coefficient (Wildman–Crippen LogP) is 2.65. The Morgan fingerprint density at radius 1 is 1.54 bits per heavy atom. The first-order valence-corrected chi connectivity index (χ1v) is 4.91. The van der Waals surface area contributed by atoms with E-state index < -0.39 is 0 Å². The molecule has 1 rings (SSSR count). The summed E-state index contributed by atoms with van der Waals surface area (Å²) in [6.45, 7) is 3.48. The third-order valence-electron chi connectivity index (χ3n) is 1.77. The molecule has 13 heavy (non-hydrogen) atoms. The van der Waals surface area contributed by atoms with Crippen LogP contribution in [0.1, 0.15) is 25.5 Å². The van der Waals surface area contributed by atoms with Crippen LogP contribution in [0.4, 0.5) is 0 Å². The van der Waals surface area contributed by atoms with Crippen molar-refractivity contribution in [2.45, 2.75) is 19.9 Å². The molecule has 0 aliphatic heterocycles. The Hall–Kier alpha value is -0.830. The average molecular weight is 242 g/mol. The smallest absolute Gasteiger partial charge is 0.217 e. The maximum Gasteiger partial charge on any atom is 0.217 e. The minimum Gasteiger partial charge on any atom is -0.350 e. The molecule has 0 aliphatic carbocycles. The van der Waals surface area contributed by atoms with Crippen molar-refractivity contribution in [1.29, 1.82) is 0 Å². The third kappa shape index (κ3) is 3.19. The fraction of sp³-hybridized carbons (Fsp3) is 0.300. The second-order valence-electron chi connectivity index (χ2n) is 2.98. The van der Waals surface area contributed by atoms with Gasteiger partial charge < -0.3 is 5.32 Å². The van der Waals surface area contributed by atoms with Gasteiger partial charge in [0, 0.05) is 11.4 Å². The highest BCUT2D eigenvalue weighted by atomic mass is 79.9. The Morgan fingerprint density at radius 2 is 2.23 bits per heavy atom. The highest BCUT2D eigenvalue weighted by molar-refractivity contribution is 9.10. The summed E-state index contributed by atoms with van der Waals surface area (Å²) < 4.78 is 1.03. The maximum atomic E-state index is 10.8. The van der Waals surface area contributed by atoms with E-state index in [2.05, 4.69) is 21.2 Å². The Balaban J connectivity index is 2.76. The molecule has 1 aromatic rings. The number of nitrogens with one attached hydrogen (secondary N) is 1. The van der Waals surface area contributed by atoms with Crippen molar-refractivity contribution in [3.8, 4) is 0 Å². The van der Waals surface area contributed by atoms with Crippen molar-refractivity contribution in [2.24, 2.45) is 0 Å². The Kier molecular flexibility index (Phi) is 3.48. The van der Waals surface area contributed by atoms with Crippen molar-refractivity contribution in [1.82, 2.24) is 5.32 Å². The molecule has 1 aromatic carbocycles. The van der Waals surface area contributed by atoms with Gasteiger partial charge in [0.2, 0.25) is 5.91 Å². The van der Waals surface area contributed by atoms with Crippen LogP contribution in [0.5, 0.6) is 0 Å². The van der Waals surface area contributed by atoms with E-state index in [1.807, 2.05) is 31.2 Å². The number of benzene rings is 1. The van der Waals surface area contributed by atoms with E-state index in [0.29, 0.717) is 0 Å². The average Bonchev–Trinajstić information content (AvgIpc) is 2.03. The highest BCUT2D eigenvalue weighted by Gasteiger charge is 2.05. The number of hydrogen-bond donors (Lipinski definition) is 1. The molecule has 0 saturated carbocycles. The summed E-state index contributed by atoms with van der Waals surface area (Å²) in [5.41, 5.74) is 1.10. The van der Waals surface area contributed by atoms with Gasteiger partial charge >= 0.3 is 0 Å². The van der Waals surface area contributed by atoms with E-state index in [1.165, 1.54) is 6.92 Å². The van der Waals surface area contributed by atoms with Crippen LogP contribution in [-0.4, -0.2) is 5.91 Å². The first-order valence-electron chi connectivity index (χ1n) is 4.12. The molecule has 0 saturated heterocycles. The summed E-state index contributed by atoms with van der Waals surface area (Å²) >= 11 is 3.38. The number of amides is 1. The molecule has 3 heteroatoms. The molecule has 0 fully saturated rings. The quantitative estimate of drug-likeness (QED) is 0.848. The molecule has 1 N–H and O–H groups in total. The second kappa shape index (κ2) is 4.42. The lowest BCUT2D eigenvalue weighted by atomic mass is 10.1. The summed E-state index contributed by atoms with van der Waals surface area (Å²) in [4.78, 5) is 10.8. The number of carbonyl (C=O) groups excluding carboxylic acids is 1. The van der Waals surface area contributed by atoms with Gasteiger partial charge in [-0.15, -0.1) is 0 Å². The van der Waals surface area contributed by atoms with Crippen LogP contribution in [0.25, 0.3) is 0 Å². The van der Waals surface area contributed by atoms with E-state index in [-0.39, 0.29) is 11.9 Å². The number of hydrogen-bond acceptors (Lipinski definition) is 1. The molecule has 70 valence electrons. The van der Waals surface area contributed by atoms with Crippen LogP contribution in [0.15, 0.2) is 28.7 Å². The largest absolute Gasteiger partial charge is 0.350 e. The van der Waals surface area contributed by atoms with Gasteiger partial charge in [0.25, 0.3) is 0 Å². The van der Waals surface area contributed by atoms with Crippen molar-refractivity contribution < 1.29 is 4.79 Å². The minimum absolute atomic E-state index is 0.00697. The molecular weight excluding hydrogens is 230 g/mol. The predicted molar refractivity (Wildman–Crippen MR) is 56.4 cm³/mol.